The molecule has 3 rings (SSSR count). The molecule has 0 spiro atoms. The number of piperidine rings is 1. The highest BCUT2D eigenvalue weighted by Crippen LogP contribution is 2.32. The second-order valence-corrected chi connectivity index (χ2v) is 11.1. The largest absolute Gasteiger partial charge is 0.326 e. The molecule has 0 bridgehead atoms. The number of Topliss-reactive ketones (excluding diaryl/α,β-unsaturated/α-hetero) is 1. The summed E-state index contributed by atoms with van der Waals surface area (Å²) in [6.07, 6.45) is 1.22. The van der Waals surface area contributed by atoms with Crippen molar-refractivity contribution >= 4 is 50.3 Å². The standard InChI is InChI=1S/C20H23ClN2O4S2/c1-13(20(25)22-17-5-3-4-16(12-17)14(2)24)15-8-10-23(11-9-15)29(26,27)19-7-6-18(21)28-19/h3-7,12-13,15H,8-11H2,1-2H3,(H,22,25)/t13-/m0/s1. The molecule has 1 aliphatic heterocycles. The average Bonchev–Trinajstić information content (AvgIpc) is 3.15. The third kappa shape index (κ3) is 5.06. The monoisotopic (exact) mass is 454 g/mol. The number of amides is 1. The van der Waals surface area contributed by atoms with Gasteiger partial charge in [-0.25, -0.2) is 8.42 Å². The van der Waals surface area contributed by atoms with Crippen LogP contribution < -0.4 is 5.32 Å². The van der Waals surface area contributed by atoms with E-state index in [1.165, 1.54) is 17.3 Å². The van der Waals surface area contributed by atoms with E-state index in [9.17, 15) is 18.0 Å². The number of anilines is 1. The number of benzene rings is 1. The van der Waals surface area contributed by atoms with Gasteiger partial charge in [0.1, 0.15) is 4.21 Å². The highest BCUT2D eigenvalue weighted by Gasteiger charge is 2.34. The van der Waals surface area contributed by atoms with Gasteiger partial charge in [0.25, 0.3) is 10.0 Å². The van der Waals surface area contributed by atoms with Gasteiger partial charge in [-0.05, 0) is 49.9 Å². The molecule has 1 N–H and O–H groups in total. The van der Waals surface area contributed by atoms with Gasteiger partial charge in [0.05, 0.1) is 4.34 Å². The maximum Gasteiger partial charge on any atom is 0.252 e. The first-order valence-corrected chi connectivity index (χ1v) is 12.0. The normalized spacial score (nSPS) is 17.1. The molecule has 6 nitrogen and oxygen atoms in total. The Balaban J connectivity index is 1.59. The van der Waals surface area contributed by atoms with E-state index < -0.39 is 10.0 Å². The van der Waals surface area contributed by atoms with Crippen LogP contribution in [0.2, 0.25) is 4.34 Å². The van der Waals surface area contributed by atoms with Crippen LogP contribution in [0.3, 0.4) is 0 Å². The molecule has 9 heteroatoms. The molecule has 29 heavy (non-hydrogen) atoms. The predicted molar refractivity (Wildman–Crippen MR) is 115 cm³/mol. The molecular weight excluding hydrogens is 432 g/mol. The first kappa shape index (κ1) is 22.0. The van der Waals surface area contributed by atoms with Crippen LogP contribution in [-0.4, -0.2) is 37.5 Å². The van der Waals surface area contributed by atoms with Crippen molar-refractivity contribution < 1.29 is 18.0 Å². The lowest BCUT2D eigenvalue weighted by atomic mass is 9.85. The summed E-state index contributed by atoms with van der Waals surface area (Å²) in [5.41, 5.74) is 1.13. The molecule has 1 fully saturated rings. The topological polar surface area (TPSA) is 83.6 Å². The summed E-state index contributed by atoms with van der Waals surface area (Å²) in [7, 11) is -3.54. The number of rotatable bonds is 6. The van der Waals surface area contributed by atoms with E-state index in [1.54, 1.807) is 30.3 Å². The van der Waals surface area contributed by atoms with Crippen LogP contribution >= 0.6 is 22.9 Å². The van der Waals surface area contributed by atoms with E-state index in [4.69, 9.17) is 11.6 Å². The second kappa shape index (κ2) is 8.95. The van der Waals surface area contributed by atoms with E-state index in [1.807, 2.05) is 6.92 Å². The van der Waals surface area contributed by atoms with Gasteiger partial charge in [-0.2, -0.15) is 4.31 Å². The lowest BCUT2D eigenvalue weighted by molar-refractivity contribution is -0.121. The number of hydrogen-bond acceptors (Lipinski definition) is 5. The van der Waals surface area contributed by atoms with Gasteiger partial charge in [0.15, 0.2) is 5.78 Å². The number of nitrogens with zero attached hydrogens (tertiary/aromatic N) is 1. The number of sulfonamides is 1. The fraction of sp³-hybridized carbons (Fsp3) is 0.400. The highest BCUT2D eigenvalue weighted by atomic mass is 35.5. The van der Waals surface area contributed by atoms with Gasteiger partial charge in [-0.1, -0.05) is 30.7 Å². The summed E-state index contributed by atoms with van der Waals surface area (Å²) in [6, 6.07) is 9.96. The number of nitrogens with one attached hydrogen (secondary N) is 1. The average molecular weight is 455 g/mol. The molecule has 1 aromatic carbocycles. The Hall–Kier alpha value is -1.74. The summed E-state index contributed by atoms with van der Waals surface area (Å²) in [4.78, 5) is 24.2. The molecule has 0 unspecified atom stereocenters. The predicted octanol–water partition coefficient (Wildman–Crippen LogP) is 4.28. The molecule has 0 aliphatic carbocycles. The van der Waals surface area contributed by atoms with E-state index in [0.717, 1.165) is 11.3 Å². The van der Waals surface area contributed by atoms with Crippen molar-refractivity contribution in [2.24, 2.45) is 11.8 Å². The van der Waals surface area contributed by atoms with Crippen molar-refractivity contribution in [3.8, 4) is 0 Å². The number of ketones is 1. The minimum atomic E-state index is -3.54. The Labute approximate surface area is 179 Å². The Morgan fingerprint density at radius 2 is 1.90 bits per heavy atom. The van der Waals surface area contributed by atoms with Crippen LogP contribution in [0, 0.1) is 11.8 Å². The molecular formula is C20H23ClN2O4S2. The fourth-order valence-corrected chi connectivity index (χ4v) is 6.57. The van der Waals surface area contributed by atoms with Crippen molar-refractivity contribution in [3.63, 3.8) is 0 Å². The molecule has 1 saturated heterocycles. The zero-order valence-electron chi connectivity index (χ0n) is 16.2. The van der Waals surface area contributed by atoms with Crippen LogP contribution in [-0.2, 0) is 14.8 Å². The number of thiophene rings is 1. The third-order valence-corrected chi connectivity index (χ3v) is 8.90. The minimum Gasteiger partial charge on any atom is -0.326 e. The van der Waals surface area contributed by atoms with Crippen molar-refractivity contribution in [2.45, 2.75) is 30.9 Å². The van der Waals surface area contributed by atoms with Gasteiger partial charge in [-0.3, -0.25) is 9.59 Å². The van der Waals surface area contributed by atoms with Crippen molar-refractivity contribution in [1.29, 1.82) is 0 Å². The Kier molecular flexibility index (Phi) is 6.78. The molecule has 2 aromatic rings. The number of carbonyl (C=O) groups excluding carboxylic acids is 2. The maximum absolute atomic E-state index is 12.7. The summed E-state index contributed by atoms with van der Waals surface area (Å²) in [6.45, 7) is 4.09. The van der Waals surface area contributed by atoms with E-state index in [0.29, 0.717) is 41.5 Å². The van der Waals surface area contributed by atoms with Gasteiger partial charge < -0.3 is 5.32 Å². The third-order valence-electron chi connectivity index (χ3n) is 5.30. The Bertz CT molecular complexity index is 1010. The highest BCUT2D eigenvalue weighted by molar-refractivity contribution is 7.91. The van der Waals surface area contributed by atoms with E-state index in [2.05, 4.69) is 5.32 Å². The second-order valence-electron chi connectivity index (χ2n) is 7.21. The van der Waals surface area contributed by atoms with Gasteiger partial charge in [0, 0.05) is 30.3 Å². The zero-order valence-corrected chi connectivity index (χ0v) is 18.6. The molecule has 1 aliphatic rings. The molecule has 1 amide bonds. The van der Waals surface area contributed by atoms with Crippen LogP contribution in [0.4, 0.5) is 5.69 Å². The number of halogens is 1. The smallest absolute Gasteiger partial charge is 0.252 e. The summed E-state index contributed by atoms with van der Waals surface area (Å²) >= 11 is 6.92. The van der Waals surface area contributed by atoms with Crippen LogP contribution in [0.5, 0.6) is 0 Å². The molecule has 0 radical (unpaired) electrons. The van der Waals surface area contributed by atoms with Crippen LogP contribution in [0.15, 0.2) is 40.6 Å². The van der Waals surface area contributed by atoms with E-state index >= 15 is 0 Å². The maximum atomic E-state index is 12.7. The van der Waals surface area contributed by atoms with Crippen molar-refractivity contribution in [1.82, 2.24) is 4.31 Å². The molecule has 2 heterocycles. The summed E-state index contributed by atoms with van der Waals surface area (Å²) in [5.74, 6) is -0.367. The first-order valence-electron chi connectivity index (χ1n) is 9.36. The zero-order chi connectivity index (χ0) is 21.2. The van der Waals surface area contributed by atoms with Gasteiger partial charge in [0.2, 0.25) is 5.91 Å². The lowest BCUT2D eigenvalue weighted by Crippen LogP contribution is -2.41. The molecule has 156 valence electrons. The Morgan fingerprint density at radius 3 is 2.48 bits per heavy atom. The van der Waals surface area contributed by atoms with Crippen LogP contribution in [0.25, 0.3) is 0 Å². The molecule has 1 aromatic heterocycles. The van der Waals surface area contributed by atoms with E-state index in [-0.39, 0.29) is 27.7 Å². The van der Waals surface area contributed by atoms with Gasteiger partial charge >= 0.3 is 0 Å². The minimum absolute atomic E-state index is 0.0604. The first-order chi connectivity index (χ1) is 13.7. The number of carbonyl (C=O) groups is 2. The summed E-state index contributed by atoms with van der Waals surface area (Å²) in [5, 5.41) is 2.87. The van der Waals surface area contributed by atoms with Crippen LogP contribution in [0.1, 0.15) is 37.0 Å². The summed E-state index contributed by atoms with van der Waals surface area (Å²) < 4.78 is 27.6. The van der Waals surface area contributed by atoms with Gasteiger partial charge in [-0.15, -0.1) is 11.3 Å². The SMILES string of the molecule is CC(=O)c1cccc(NC(=O)[C@@H](C)C2CCN(S(=O)(=O)c3ccc(Cl)s3)CC2)c1. The lowest BCUT2D eigenvalue weighted by Gasteiger charge is -2.33. The fourth-order valence-electron chi connectivity index (χ4n) is 3.47. The molecule has 0 saturated carbocycles. The quantitative estimate of drug-likeness (QED) is 0.660. The number of hydrogen-bond donors (Lipinski definition) is 1. The van der Waals surface area contributed by atoms with Crippen molar-refractivity contribution in [2.75, 3.05) is 18.4 Å². The molecule has 1 atom stereocenters. The Morgan fingerprint density at radius 1 is 1.21 bits per heavy atom. The van der Waals surface area contributed by atoms with Crippen molar-refractivity contribution in [3.05, 3.63) is 46.3 Å².